The van der Waals surface area contributed by atoms with Crippen LogP contribution in [0.2, 0.25) is 5.02 Å². The Morgan fingerprint density at radius 3 is 2.68 bits per heavy atom. The quantitative estimate of drug-likeness (QED) is 0.786. The zero-order valence-electron chi connectivity index (χ0n) is 12.8. The number of carbonyl (C=O) groups is 1. The lowest BCUT2D eigenvalue weighted by Gasteiger charge is -2.57. The molecule has 7 heteroatoms. The predicted molar refractivity (Wildman–Crippen MR) is 95.8 cm³/mol. The van der Waals surface area contributed by atoms with Gasteiger partial charge in [0.25, 0.3) is 0 Å². The summed E-state index contributed by atoms with van der Waals surface area (Å²) < 4.78 is 6.37. The standard InChI is InChI=1S/C15H20BrClN2O2.ClH/c1-4-21-12-8-15(18,14(12,2)3)13(20)19-9-5-6-11(17)10(16)7-9;/h5-7,12H,4,8,18H2,1-3H3,(H,19,20);1H. The molecule has 2 unspecified atom stereocenters. The number of nitrogens with one attached hydrogen (secondary N) is 1. The third-order valence-electron chi connectivity index (χ3n) is 4.41. The van der Waals surface area contributed by atoms with Crippen LogP contribution in [0, 0.1) is 5.41 Å². The normalized spacial score (nSPS) is 25.8. The van der Waals surface area contributed by atoms with E-state index in [0.717, 1.165) is 4.47 Å². The Labute approximate surface area is 150 Å². The molecule has 2 rings (SSSR count). The van der Waals surface area contributed by atoms with Gasteiger partial charge in [0, 0.05) is 28.6 Å². The second-order valence-electron chi connectivity index (χ2n) is 5.92. The van der Waals surface area contributed by atoms with Crippen molar-refractivity contribution in [3.8, 4) is 0 Å². The molecule has 0 saturated heterocycles. The molecule has 1 amide bonds. The molecule has 3 N–H and O–H groups in total. The summed E-state index contributed by atoms with van der Waals surface area (Å²) in [6.07, 6.45) is 0.532. The molecule has 0 aromatic heterocycles. The fourth-order valence-electron chi connectivity index (χ4n) is 2.64. The topological polar surface area (TPSA) is 64.3 Å². The van der Waals surface area contributed by atoms with E-state index in [0.29, 0.717) is 23.7 Å². The van der Waals surface area contributed by atoms with E-state index >= 15 is 0 Å². The van der Waals surface area contributed by atoms with Gasteiger partial charge in [-0.1, -0.05) is 25.4 Å². The SMILES string of the molecule is CCOC1CC(N)(C(=O)Nc2ccc(Cl)c(Br)c2)C1(C)C.Cl. The number of rotatable bonds is 4. The van der Waals surface area contributed by atoms with Crippen LogP contribution in [0.1, 0.15) is 27.2 Å². The van der Waals surface area contributed by atoms with Crippen LogP contribution in [-0.2, 0) is 9.53 Å². The number of nitrogens with two attached hydrogens (primary N) is 1. The van der Waals surface area contributed by atoms with Crippen molar-refractivity contribution in [2.45, 2.75) is 38.8 Å². The summed E-state index contributed by atoms with van der Waals surface area (Å²) >= 11 is 9.28. The molecule has 2 atom stereocenters. The lowest BCUT2D eigenvalue weighted by atomic mass is 9.54. The van der Waals surface area contributed by atoms with Crippen LogP contribution in [0.4, 0.5) is 5.69 Å². The van der Waals surface area contributed by atoms with Crippen LogP contribution in [0.5, 0.6) is 0 Å². The first-order chi connectivity index (χ1) is 9.72. The fourth-order valence-corrected chi connectivity index (χ4v) is 3.13. The second kappa shape index (κ2) is 7.05. The fraction of sp³-hybridized carbons (Fsp3) is 0.533. The Bertz CT molecular complexity index is 568. The Morgan fingerprint density at radius 1 is 1.55 bits per heavy atom. The van der Waals surface area contributed by atoms with Crippen molar-refractivity contribution in [2.24, 2.45) is 11.1 Å². The minimum atomic E-state index is -0.932. The third-order valence-corrected chi connectivity index (χ3v) is 5.63. The molecule has 0 spiro atoms. The number of ether oxygens (including phenoxy) is 1. The van der Waals surface area contributed by atoms with Gasteiger partial charge in [-0.25, -0.2) is 0 Å². The van der Waals surface area contributed by atoms with Crippen molar-refractivity contribution >= 4 is 51.5 Å². The van der Waals surface area contributed by atoms with Gasteiger partial charge in [0.1, 0.15) is 5.54 Å². The highest BCUT2D eigenvalue weighted by Crippen LogP contribution is 2.50. The zero-order chi connectivity index (χ0) is 15.8. The van der Waals surface area contributed by atoms with Gasteiger partial charge in [0.05, 0.1) is 11.1 Å². The largest absolute Gasteiger partial charge is 0.378 e. The molecule has 1 aromatic carbocycles. The molecule has 4 nitrogen and oxygen atoms in total. The van der Waals surface area contributed by atoms with E-state index < -0.39 is 11.0 Å². The molecule has 124 valence electrons. The van der Waals surface area contributed by atoms with E-state index in [-0.39, 0.29) is 24.4 Å². The molecule has 1 fully saturated rings. The molecule has 22 heavy (non-hydrogen) atoms. The summed E-state index contributed by atoms with van der Waals surface area (Å²) in [5.41, 5.74) is 5.66. The minimum Gasteiger partial charge on any atom is -0.378 e. The smallest absolute Gasteiger partial charge is 0.245 e. The highest BCUT2D eigenvalue weighted by atomic mass is 79.9. The Morgan fingerprint density at radius 2 is 2.18 bits per heavy atom. The van der Waals surface area contributed by atoms with Crippen LogP contribution in [0.15, 0.2) is 22.7 Å². The average Bonchev–Trinajstić information content (AvgIpc) is 2.42. The van der Waals surface area contributed by atoms with Crippen LogP contribution in [-0.4, -0.2) is 24.2 Å². The van der Waals surface area contributed by atoms with Gasteiger partial charge in [-0.15, -0.1) is 12.4 Å². The van der Waals surface area contributed by atoms with Gasteiger partial charge in [-0.3, -0.25) is 4.79 Å². The maximum atomic E-state index is 12.5. The van der Waals surface area contributed by atoms with E-state index in [2.05, 4.69) is 21.2 Å². The minimum absolute atomic E-state index is 0. The molecular formula is C15H21BrCl2N2O2. The van der Waals surface area contributed by atoms with E-state index in [9.17, 15) is 4.79 Å². The number of anilines is 1. The van der Waals surface area contributed by atoms with Gasteiger partial charge in [-0.05, 0) is 41.1 Å². The number of benzene rings is 1. The highest BCUT2D eigenvalue weighted by Gasteiger charge is 2.62. The maximum Gasteiger partial charge on any atom is 0.245 e. The van der Waals surface area contributed by atoms with Crippen molar-refractivity contribution in [3.63, 3.8) is 0 Å². The zero-order valence-corrected chi connectivity index (χ0v) is 15.9. The molecule has 0 radical (unpaired) electrons. The first kappa shape index (κ1) is 19.7. The van der Waals surface area contributed by atoms with E-state index in [1.54, 1.807) is 18.2 Å². The Kier molecular flexibility index (Phi) is 6.32. The number of halogens is 3. The lowest BCUT2D eigenvalue weighted by molar-refractivity contribution is -0.166. The van der Waals surface area contributed by atoms with Crippen molar-refractivity contribution < 1.29 is 9.53 Å². The molecule has 1 saturated carbocycles. The Hall–Kier alpha value is -0.330. The number of carbonyl (C=O) groups excluding carboxylic acids is 1. The highest BCUT2D eigenvalue weighted by molar-refractivity contribution is 9.10. The molecular weight excluding hydrogens is 391 g/mol. The predicted octanol–water partition coefficient (Wildman–Crippen LogP) is 4.00. The lowest BCUT2D eigenvalue weighted by Crippen LogP contribution is -2.74. The van der Waals surface area contributed by atoms with Crippen LogP contribution >= 0.6 is 39.9 Å². The monoisotopic (exact) mass is 410 g/mol. The molecule has 1 aromatic rings. The van der Waals surface area contributed by atoms with Crippen LogP contribution in [0.3, 0.4) is 0 Å². The van der Waals surface area contributed by atoms with Gasteiger partial charge < -0.3 is 15.8 Å². The van der Waals surface area contributed by atoms with Gasteiger partial charge in [-0.2, -0.15) is 0 Å². The van der Waals surface area contributed by atoms with E-state index in [4.69, 9.17) is 22.1 Å². The van der Waals surface area contributed by atoms with Crippen LogP contribution in [0.25, 0.3) is 0 Å². The van der Waals surface area contributed by atoms with Crippen molar-refractivity contribution in [1.29, 1.82) is 0 Å². The van der Waals surface area contributed by atoms with Crippen molar-refractivity contribution in [2.75, 3.05) is 11.9 Å². The number of hydrogen-bond donors (Lipinski definition) is 2. The second-order valence-corrected chi connectivity index (χ2v) is 7.19. The number of amides is 1. The number of hydrogen-bond acceptors (Lipinski definition) is 3. The molecule has 1 aliphatic carbocycles. The van der Waals surface area contributed by atoms with Crippen molar-refractivity contribution in [3.05, 3.63) is 27.7 Å². The van der Waals surface area contributed by atoms with Gasteiger partial charge in [0.15, 0.2) is 0 Å². The summed E-state index contributed by atoms with van der Waals surface area (Å²) in [6.45, 7) is 6.50. The molecule has 0 heterocycles. The first-order valence-electron chi connectivity index (χ1n) is 6.89. The van der Waals surface area contributed by atoms with Gasteiger partial charge >= 0.3 is 0 Å². The molecule has 1 aliphatic rings. The summed E-state index contributed by atoms with van der Waals surface area (Å²) in [6, 6.07) is 5.23. The average molecular weight is 412 g/mol. The maximum absolute atomic E-state index is 12.5. The summed E-state index contributed by atoms with van der Waals surface area (Å²) in [5, 5.41) is 3.46. The van der Waals surface area contributed by atoms with E-state index in [1.807, 2.05) is 20.8 Å². The first-order valence-corrected chi connectivity index (χ1v) is 8.06. The third kappa shape index (κ3) is 3.29. The van der Waals surface area contributed by atoms with Crippen LogP contribution < -0.4 is 11.1 Å². The van der Waals surface area contributed by atoms with Gasteiger partial charge in [0.2, 0.25) is 5.91 Å². The Balaban J connectivity index is 0.00000242. The van der Waals surface area contributed by atoms with Crippen molar-refractivity contribution in [1.82, 2.24) is 0 Å². The summed E-state index contributed by atoms with van der Waals surface area (Å²) in [7, 11) is 0. The summed E-state index contributed by atoms with van der Waals surface area (Å²) in [5.74, 6) is -0.197. The summed E-state index contributed by atoms with van der Waals surface area (Å²) in [4.78, 5) is 12.5. The van der Waals surface area contributed by atoms with E-state index in [1.165, 1.54) is 0 Å². The molecule has 0 aliphatic heterocycles. The molecule has 0 bridgehead atoms.